The van der Waals surface area contributed by atoms with Gasteiger partial charge in [0.15, 0.2) is 0 Å². The molecule has 30 heavy (non-hydrogen) atoms. The quantitative estimate of drug-likeness (QED) is 0.497. The average molecular weight is 416 g/mol. The molecule has 150 valence electrons. The van der Waals surface area contributed by atoms with Crippen LogP contribution in [0.1, 0.15) is 39.5 Å². The SMILES string of the molecule is CCn1cc(C#Cc2cc(C(=O)NCc3ccsc3)ccc2C)c2c(N)ncnc21. The standard InChI is InChI=1S/C23H21N5OS/c1-3-28-12-19(20-21(24)26-14-27-22(20)28)7-6-17-10-18(5-4-15(17)2)23(29)25-11-16-8-9-30-13-16/h4-5,8-10,12-14H,3,11H2,1-2H3,(H,25,29)(H2,24,26,27). The first-order valence-electron chi connectivity index (χ1n) is 9.58. The second-order valence-electron chi connectivity index (χ2n) is 6.88. The first kappa shape index (κ1) is 19.7. The Labute approximate surface area is 178 Å². The number of amides is 1. The summed E-state index contributed by atoms with van der Waals surface area (Å²) in [7, 11) is 0. The van der Waals surface area contributed by atoms with Crippen LogP contribution in [0.4, 0.5) is 5.82 Å². The molecule has 0 saturated carbocycles. The van der Waals surface area contributed by atoms with E-state index in [0.29, 0.717) is 17.9 Å². The predicted molar refractivity (Wildman–Crippen MR) is 120 cm³/mol. The fourth-order valence-corrected chi connectivity index (χ4v) is 3.86. The highest BCUT2D eigenvalue weighted by molar-refractivity contribution is 7.07. The van der Waals surface area contributed by atoms with Crippen molar-refractivity contribution in [3.8, 4) is 11.8 Å². The minimum atomic E-state index is -0.121. The van der Waals surface area contributed by atoms with Crippen molar-refractivity contribution in [3.63, 3.8) is 0 Å². The van der Waals surface area contributed by atoms with Crippen LogP contribution in [0, 0.1) is 18.8 Å². The minimum Gasteiger partial charge on any atom is -0.383 e. The second kappa shape index (κ2) is 8.39. The third-order valence-corrected chi connectivity index (χ3v) is 5.62. The van der Waals surface area contributed by atoms with Gasteiger partial charge in [-0.1, -0.05) is 17.9 Å². The summed E-state index contributed by atoms with van der Waals surface area (Å²) in [5, 5.41) is 7.72. The zero-order chi connectivity index (χ0) is 21.1. The Kier molecular flexibility index (Phi) is 5.50. The van der Waals surface area contributed by atoms with Crippen LogP contribution in [0.2, 0.25) is 0 Å². The topological polar surface area (TPSA) is 85.8 Å². The number of nitrogens with zero attached hydrogens (tertiary/aromatic N) is 3. The van der Waals surface area contributed by atoms with Crippen molar-refractivity contribution < 1.29 is 4.79 Å². The third-order valence-electron chi connectivity index (χ3n) is 4.89. The number of aromatic nitrogens is 3. The number of benzene rings is 1. The van der Waals surface area contributed by atoms with Crippen LogP contribution in [-0.4, -0.2) is 20.4 Å². The van der Waals surface area contributed by atoms with Gasteiger partial charge in [-0.3, -0.25) is 4.79 Å². The van der Waals surface area contributed by atoms with Crippen LogP contribution in [0.5, 0.6) is 0 Å². The van der Waals surface area contributed by atoms with Crippen LogP contribution in [-0.2, 0) is 13.1 Å². The maximum absolute atomic E-state index is 12.5. The monoisotopic (exact) mass is 415 g/mol. The molecule has 1 aromatic carbocycles. The van der Waals surface area contributed by atoms with Gasteiger partial charge in [0.1, 0.15) is 17.8 Å². The molecule has 0 bridgehead atoms. The molecule has 4 rings (SSSR count). The lowest BCUT2D eigenvalue weighted by molar-refractivity contribution is 0.0951. The Bertz CT molecular complexity index is 1280. The minimum absolute atomic E-state index is 0.121. The summed E-state index contributed by atoms with van der Waals surface area (Å²) in [6.07, 6.45) is 3.40. The zero-order valence-electron chi connectivity index (χ0n) is 16.8. The van der Waals surface area contributed by atoms with Crippen molar-refractivity contribution in [2.24, 2.45) is 0 Å². The maximum atomic E-state index is 12.5. The number of nitrogens with two attached hydrogens (primary N) is 1. The van der Waals surface area contributed by atoms with Gasteiger partial charge in [0, 0.05) is 30.4 Å². The molecular weight excluding hydrogens is 394 g/mol. The van der Waals surface area contributed by atoms with E-state index in [4.69, 9.17) is 5.73 Å². The molecule has 0 fully saturated rings. The van der Waals surface area contributed by atoms with E-state index in [-0.39, 0.29) is 5.91 Å². The van der Waals surface area contributed by atoms with E-state index in [1.165, 1.54) is 6.33 Å². The maximum Gasteiger partial charge on any atom is 0.251 e. The lowest BCUT2D eigenvalue weighted by Gasteiger charge is -2.06. The van der Waals surface area contributed by atoms with E-state index in [1.807, 2.05) is 59.6 Å². The van der Waals surface area contributed by atoms with Gasteiger partial charge in [0.25, 0.3) is 5.91 Å². The number of nitrogens with one attached hydrogen (secondary N) is 1. The highest BCUT2D eigenvalue weighted by Crippen LogP contribution is 2.23. The van der Waals surface area contributed by atoms with Gasteiger partial charge in [-0.05, 0) is 53.9 Å². The van der Waals surface area contributed by atoms with Gasteiger partial charge in [-0.15, -0.1) is 0 Å². The number of carbonyl (C=O) groups is 1. The molecule has 7 heteroatoms. The average Bonchev–Trinajstić information content (AvgIpc) is 3.39. The highest BCUT2D eigenvalue weighted by atomic mass is 32.1. The summed E-state index contributed by atoms with van der Waals surface area (Å²) in [6.45, 7) is 5.28. The normalized spacial score (nSPS) is 10.6. The summed E-state index contributed by atoms with van der Waals surface area (Å²) < 4.78 is 2.00. The lowest BCUT2D eigenvalue weighted by atomic mass is 10.0. The first-order chi connectivity index (χ1) is 14.6. The van der Waals surface area contributed by atoms with Crippen LogP contribution in [0.15, 0.2) is 47.5 Å². The van der Waals surface area contributed by atoms with E-state index < -0.39 is 0 Å². The number of rotatable bonds is 4. The summed E-state index contributed by atoms with van der Waals surface area (Å²) in [5.74, 6) is 6.69. The molecule has 0 spiro atoms. The van der Waals surface area contributed by atoms with Gasteiger partial charge in [0.05, 0.1) is 10.9 Å². The third kappa shape index (κ3) is 3.91. The summed E-state index contributed by atoms with van der Waals surface area (Å²) in [6, 6.07) is 7.55. The summed E-state index contributed by atoms with van der Waals surface area (Å²) in [4.78, 5) is 21.0. The van der Waals surface area contributed by atoms with Crippen LogP contribution in [0.3, 0.4) is 0 Å². The van der Waals surface area contributed by atoms with Gasteiger partial charge in [-0.2, -0.15) is 11.3 Å². The fraction of sp³-hybridized carbons (Fsp3) is 0.174. The molecule has 4 aromatic rings. The Morgan fingerprint density at radius 2 is 2.07 bits per heavy atom. The Morgan fingerprint density at radius 1 is 1.23 bits per heavy atom. The smallest absolute Gasteiger partial charge is 0.251 e. The molecule has 3 aromatic heterocycles. The molecule has 0 aliphatic rings. The largest absolute Gasteiger partial charge is 0.383 e. The van der Waals surface area contributed by atoms with Crippen molar-refractivity contribution in [1.82, 2.24) is 19.9 Å². The van der Waals surface area contributed by atoms with E-state index in [2.05, 4.69) is 27.1 Å². The van der Waals surface area contributed by atoms with Crippen molar-refractivity contribution in [2.45, 2.75) is 26.9 Å². The molecule has 0 unspecified atom stereocenters. The molecule has 1 amide bonds. The molecule has 0 radical (unpaired) electrons. The fourth-order valence-electron chi connectivity index (χ4n) is 3.19. The molecule has 0 aliphatic heterocycles. The van der Waals surface area contributed by atoms with E-state index in [1.54, 1.807) is 11.3 Å². The van der Waals surface area contributed by atoms with Crippen LogP contribution >= 0.6 is 11.3 Å². The van der Waals surface area contributed by atoms with Gasteiger partial charge in [0.2, 0.25) is 0 Å². The number of thiophene rings is 1. The van der Waals surface area contributed by atoms with Crippen LogP contribution in [0.25, 0.3) is 11.0 Å². The van der Waals surface area contributed by atoms with E-state index in [9.17, 15) is 4.79 Å². The highest BCUT2D eigenvalue weighted by Gasteiger charge is 2.12. The van der Waals surface area contributed by atoms with Crippen molar-refractivity contribution in [1.29, 1.82) is 0 Å². The molecule has 6 nitrogen and oxygen atoms in total. The van der Waals surface area contributed by atoms with Gasteiger partial charge < -0.3 is 15.6 Å². The Balaban J connectivity index is 1.63. The number of fused-ring (bicyclic) bond motifs is 1. The first-order valence-corrected chi connectivity index (χ1v) is 10.5. The van der Waals surface area contributed by atoms with E-state index in [0.717, 1.165) is 39.8 Å². The van der Waals surface area contributed by atoms with Crippen LogP contribution < -0.4 is 11.1 Å². The molecular formula is C23H21N5OS. The van der Waals surface area contributed by atoms with E-state index >= 15 is 0 Å². The lowest BCUT2D eigenvalue weighted by Crippen LogP contribution is -2.22. The van der Waals surface area contributed by atoms with Crippen molar-refractivity contribution >= 4 is 34.1 Å². The Hall–Kier alpha value is -3.63. The van der Waals surface area contributed by atoms with Crippen molar-refractivity contribution in [3.05, 3.63) is 75.4 Å². The molecule has 0 saturated heterocycles. The predicted octanol–water partition coefficient (Wildman–Crippen LogP) is 3.73. The number of hydrogen-bond donors (Lipinski definition) is 2. The second-order valence-corrected chi connectivity index (χ2v) is 7.66. The van der Waals surface area contributed by atoms with Crippen molar-refractivity contribution in [2.75, 3.05) is 5.73 Å². The number of carbonyl (C=O) groups excluding carboxylic acids is 1. The number of nitrogen functional groups attached to an aromatic ring is 1. The summed E-state index contributed by atoms with van der Waals surface area (Å²) >= 11 is 1.61. The number of hydrogen-bond acceptors (Lipinski definition) is 5. The molecule has 3 heterocycles. The zero-order valence-corrected chi connectivity index (χ0v) is 17.6. The number of anilines is 1. The Morgan fingerprint density at radius 3 is 2.83 bits per heavy atom. The number of aryl methyl sites for hydroxylation is 2. The van der Waals surface area contributed by atoms with Gasteiger partial charge in [-0.25, -0.2) is 9.97 Å². The molecule has 0 atom stereocenters. The molecule has 3 N–H and O–H groups in total. The van der Waals surface area contributed by atoms with Gasteiger partial charge >= 0.3 is 0 Å². The molecule has 0 aliphatic carbocycles. The summed E-state index contributed by atoms with van der Waals surface area (Å²) in [5.41, 5.74) is 11.1.